The number of carbonyl (C=O) groups excluding carboxylic acids is 2. The fourth-order valence-electron chi connectivity index (χ4n) is 4.47. The van der Waals surface area contributed by atoms with Crippen LogP contribution in [-0.2, 0) is 20.7 Å². The first-order chi connectivity index (χ1) is 14.6. The van der Waals surface area contributed by atoms with Gasteiger partial charge >= 0.3 is 0 Å². The molecule has 0 aliphatic carbocycles. The van der Waals surface area contributed by atoms with Crippen molar-refractivity contribution in [3.05, 3.63) is 60.0 Å². The number of thiophene rings is 1. The van der Waals surface area contributed by atoms with E-state index in [1.165, 1.54) is 4.88 Å². The van der Waals surface area contributed by atoms with Crippen LogP contribution in [-0.4, -0.2) is 49.1 Å². The van der Waals surface area contributed by atoms with Crippen molar-refractivity contribution in [3.63, 3.8) is 0 Å². The lowest BCUT2D eigenvalue weighted by Gasteiger charge is -2.29. The number of hydrogen-bond donors (Lipinski definition) is 1. The molecule has 1 N–H and O–H groups in total. The Morgan fingerprint density at radius 1 is 1.33 bits per heavy atom. The molecule has 0 saturated carbocycles. The molecule has 2 amide bonds. The van der Waals surface area contributed by atoms with Gasteiger partial charge in [-0.05, 0) is 48.3 Å². The van der Waals surface area contributed by atoms with E-state index in [9.17, 15) is 9.59 Å². The van der Waals surface area contributed by atoms with Crippen molar-refractivity contribution >= 4 is 23.2 Å². The number of likely N-dealkylation sites (tertiary alicyclic amines) is 1. The van der Waals surface area contributed by atoms with Crippen molar-refractivity contribution in [2.45, 2.75) is 31.8 Å². The van der Waals surface area contributed by atoms with Crippen LogP contribution in [0.15, 0.2) is 54.4 Å². The minimum Gasteiger partial charge on any atom is -0.368 e. The molecule has 0 bridgehead atoms. The fraction of sp³-hybridized carbons (Fsp3) is 0.417. The third-order valence-corrected chi connectivity index (χ3v) is 6.95. The number of rotatable bonds is 7. The van der Waals surface area contributed by atoms with Crippen LogP contribution in [0.25, 0.3) is 10.4 Å². The summed E-state index contributed by atoms with van der Waals surface area (Å²) in [6.07, 6.45) is 4.28. The van der Waals surface area contributed by atoms with Gasteiger partial charge in [0, 0.05) is 31.1 Å². The van der Waals surface area contributed by atoms with Crippen molar-refractivity contribution in [1.82, 2.24) is 10.2 Å². The third kappa shape index (κ3) is 4.35. The highest BCUT2D eigenvalue weighted by Gasteiger charge is 2.47. The maximum Gasteiger partial charge on any atom is 0.251 e. The van der Waals surface area contributed by atoms with E-state index in [-0.39, 0.29) is 17.9 Å². The first-order valence-corrected chi connectivity index (χ1v) is 11.4. The summed E-state index contributed by atoms with van der Waals surface area (Å²) in [5.74, 6) is 0.0183. The largest absolute Gasteiger partial charge is 0.368 e. The van der Waals surface area contributed by atoms with Gasteiger partial charge in [0.2, 0.25) is 5.91 Å². The molecule has 2 atom stereocenters. The molecule has 1 aromatic carbocycles. The number of hydrogen-bond acceptors (Lipinski definition) is 4. The standard InChI is InChI=1S/C24H28N2O3S/c1-2-11-25-23(28)24(10-12-26(17-24)22(27)20-8-4-13-29-20)16-18-6-3-7-19(15-18)21-9-5-14-30-21/h2-3,5-7,9,14-15,20H,1,4,8,10-13,16-17H2,(H,25,28)/t20-,24+/m1/s1. The Morgan fingerprint density at radius 2 is 2.23 bits per heavy atom. The molecule has 6 heteroatoms. The zero-order chi connectivity index (χ0) is 21.0. The molecule has 0 spiro atoms. The summed E-state index contributed by atoms with van der Waals surface area (Å²) < 4.78 is 5.59. The number of nitrogens with one attached hydrogen (secondary N) is 1. The first kappa shape index (κ1) is 20.8. The van der Waals surface area contributed by atoms with Gasteiger partial charge in [0.25, 0.3) is 5.91 Å². The first-order valence-electron chi connectivity index (χ1n) is 10.5. The highest BCUT2D eigenvalue weighted by Crippen LogP contribution is 2.37. The van der Waals surface area contributed by atoms with Gasteiger partial charge in [0.1, 0.15) is 6.10 Å². The normalized spacial score (nSPS) is 23.5. The number of nitrogens with zero attached hydrogens (tertiary/aromatic N) is 1. The van der Waals surface area contributed by atoms with Gasteiger partial charge in [0.05, 0.1) is 5.41 Å². The minimum atomic E-state index is -0.634. The number of carbonyl (C=O) groups is 2. The molecule has 2 aliphatic rings. The Balaban J connectivity index is 1.56. The topological polar surface area (TPSA) is 58.6 Å². The highest BCUT2D eigenvalue weighted by atomic mass is 32.1. The van der Waals surface area contributed by atoms with Gasteiger partial charge in [-0.1, -0.05) is 36.4 Å². The van der Waals surface area contributed by atoms with E-state index >= 15 is 0 Å². The molecule has 0 unspecified atom stereocenters. The van der Waals surface area contributed by atoms with Crippen LogP contribution in [0.4, 0.5) is 0 Å². The average molecular weight is 425 g/mol. The number of amides is 2. The molecular formula is C24H28N2O3S. The molecule has 2 aromatic rings. The van der Waals surface area contributed by atoms with Crippen molar-refractivity contribution in [3.8, 4) is 10.4 Å². The number of benzene rings is 1. The van der Waals surface area contributed by atoms with Crippen LogP contribution >= 0.6 is 11.3 Å². The summed E-state index contributed by atoms with van der Waals surface area (Å²) in [6.45, 7) is 5.79. The lowest BCUT2D eigenvalue weighted by molar-refractivity contribution is -0.141. The Kier molecular flexibility index (Phi) is 6.35. The molecule has 5 nitrogen and oxygen atoms in total. The Labute approximate surface area is 181 Å². The van der Waals surface area contributed by atoms with E-state index in [4.69, 9.17) is 4.74 Å². The lowest BCUT2D eigenvalue weighted by Crippen LogP contribution is -2.46. The zero-order valence-corrected chi connectivity index (χ0v) is 18.0. The SMILES string of the molecule is C=CCNC(=O)[C@]1(Cc2cccc(-c3cccs3)c2)CCN(C(=O)[C@H]2CCCO2)C1. The van der Waals surface area contributed by atoms with Crippen LogP contribution in [0, 0.1) is 5.41 Å². The van der Waals surface area contributed by atoms with Gasteiger partial charge in [-0.3, -0.25) is 9.59 Å². The Hall–Kier alpha value is -2.44. The van der Waals surface area contributed by atoms with Crippen LogP contribution in [0.1, 0.15) is 24.8 Å². The van der Waals surface area contributed by atoms with E-state index in [1.807, 2.05) is 17.0 Å². The maximum atomic E-state index is 13.2. The Bertz CT molecular complexity index is 905. The predicted molar refractivity (Wildman–Crippen MR) is 119 cm³/mol. The summed E-state index contributed by atoms with van der Waals surface area (Å²) in [5.41, 5.74) is 1.64. The quantitative estimate of drug-likeness (QED) is 0.690. The van der Waals surface area contributed by atoms with Gasteiger partial charge in [-0.2, -0.15) is 0 Å². The fourth-order valence-corrected chi connectivity index (χ4v) is 5.19. The van der Waals surface area contributed by atoms with Crippen LogP contribution < -0.4 is 5.32 Å². The predicted octanol–water partition coefficient (Wildman–Crippen LogP) is 3.66. The molecule has 4 rings (SSSR count). The minimum absolute atomic E-state index is 0.00781. The van der Waals surface area contributed by atoms with Crippen molar-refractivity contribution in [2.24, 2.45) is 5.41 Å². The molecule has 2 fully saturated rings. The van der Waals surface area contributed by atoms with E-state index in [2.05, 4.69) is 41.5 Å². The summed E-state index contributed by atoms with van der Waals surface area (Å²) in [7, 11) is 0. The maximum absolute atomic E-state index is 13.2. The van der Waals surface area contributed by atoms with Crippen molar-refractivity contribution < 1.29 is 14.3 Å². The molecule has 30 heavy (non-hydrogen) atoms. The summed E-state index contributed by atoms with van der Waals surface area (Å²) >= 11 is 1.71. The second-order valence-corrected chi connectivity index (χ2v) is 9.09. The van der Waals surface area contributed by atoms with Gasteiger partial charge in [-0.15, -0.1) is 17.9 Å². The molecule has 158 valence electrons. The molecule has 1 aromatic heterocycles. The van der Waals surface area contributed by atoms with E-state index in [0.717, 1.165) is 24.0 Å². The van der Waals surface area contributed by atoms with Gasteiger partial charge in [-0.25, -0.2) is 0 Å². The summed E-state index contributed by atoms with van der Waals surface area (Å²) in [4.78, 5) is 29.1. The highest BCUT2D eigenvalue weighted by molar-refractivity contribution is 7.13. The molecular weight excluding hydrogens is 396 g/mol. The van der Waals surface area contributed by atoms with E-state index in [0.29, 0.717) is 39.1 Å². The van der Waals surface area contributed by atoms with Crippen LogP contribution in [0.5, 0.6) is 0 Å². The Morgan fingerprint density at radius 3 is 2.97 bits per heavy atom. The lowest BCUT2D eigenvalue weighted by atomic mass is 9.79. The van der Waals surface area contributed by atoms with Gasteiger partial charge in [0.15, 0.2) is 0 Å². The molecule has 2 saturated heterocycles. The summed E-state index contributed by atoms with van der Waals surface area (Å²) in [5, 5.41) is 5.05. The van der Waals surface area contributed by atoms with Crippen LogP contribution in [0.2, 0.25) is 0 Å². The number of ether oxygens (including phenoxy) is 1. The molecule has 2 aliphatic heterocycles. The van der Waals surface area contributed by atoms with E-state index < -0.39 is 5.41 Å². The smallest absolute Gasteiger partial charge is 0.251 e. The molecule has 3 heterocycles. The second-order valence-electron chi connectivity index (χ2n) is 8.14. The zero-order valence-electron chi connectivity index (χ0n) is 17.1. The van der Waals surface area contributed by atoms with E-state index in [1.54, 1.807) is 17.4 Å². The van der Waals surface area contributed by atoms with Crippen molar-refractivity contribution in [1.29, 1.82) is 0 Å². The summed E-state index contributed by atoms with van der Waals surface area (Å²) in [6, 6.07) is 12.5. The third-order valence-electron chi connectivity index (χ3n) is 6.03. The second kappa shape index (κ2) is 9.14. The van der Waals surface area contributed by atoms with Gasteiger partial charge < -0.3 is 15.0 Å². The molecule has 0 radical (unpaired) electrons. The van der Waals surface area contributed by atoms with Crippen LogP contribution in [0.3, 0.4) is 0 Å². The monoisotopic (exact) mass is 424 g/mol. The van der Waals surface area contributed by atoms with Crippen molar-refractivity contribution in [2.75, 3.05) is 26.2 Å². The average Bonchev–Trinajstić information content (AvgIpc) is 3.54.